The molecule has 3 rings (SSSR count). The maximum absolute atomic E-state index is 12.9. The van der Waals surface area contributed by atoms with Crippen LogP contribution >= 0.6 is 11.6 Å². The van der Waals surface area contributed by atoms with Crippen molar-refractivity contribution < 1.29 is 13.2 Å². The molecule has 1 aliphatic heterocycles. The molecule has 1 aliphatic rings. The van der Waals surface area contributed by atoms with Gasteiger partial charge in [0.1, 0.15) is 0 Å². The maximum Gasteiger partial charge on any atom is 0.261 e. The van der Waals surface area contributed by atoms with Gasteiger partial charge in [0.2, 0.25) is 0 Å². The molecule has 0 saturated carbocycles. The molecule has 8 heteroatoms. The Morgan fingerprint density at radius 2 is 1.81 bits per heavy atom. The highest BCUT2D eigenvalue weighted by Gasteiger charge is 2.22. The fourth-order valence-corrected chi connectivity index (χ4v) is 4.88. The number of piperidine rings is 1. The van der Waals surface area contributed by atoms with Crippen LogP contribution in [0.4, 0.5) is 5.69 Å². The molecule has 1 heterocycles. The second-order valence-electron chi connectivity index (χ2n) is 8.10. The van der Waals surface area contributed by atoms with E-state index in [-0.39, 0.29) is 27.4 Å². The van der Waals surface area contributed by atoms with E-state index in [1.165, 1.54) is 23.8 Å². The number of carbonyl (C=O) groups is 1. The molecule has 0 aromatic heterocycles. The van der Waals surface area contributed by atoms with Crippen LogP contribution in [0.2, 0.25) is 5.02 Å². The lowest BCUT2D eigenvalue weighted by molar-refractivity contribution is 0.0917. The van der Waals surface area contributed by atoms with Gasteiger partial charge >= 0.3 is 0 Å². The van der Waals surface area contributed by atoms with Crippen molar-refractivity contribution in [3.8, 4) is 0 Å². The van der Waals surface area contributed by atoms with Crippen LogP contribution in [0.25, 0.3) is 0 Å². The Bertz CT molecular complexity index is 1000. The third-order valence-electron chi connectivity index (χ3n) is 5.57. The SMILES string of the molecule is CCCCc1ccc(NS(=O)(=O)c2ccc(Cl)c(C(=O)NC3CCN(C)CC3)c2)cc1. The molecule has 2 aromatic rings. The molecule has 2 aromatic carbocycles. The Kier molecular flexibility index (Phi) is 7.97. The van der Waals surface area contributed by atoms with Crippen LogP contribution in [-0.4, -0.2) is 45.4 Å². The second-order valence-corrected chi connectivity index (χ2v) is 10.2. The van der Waals surface area contributed by atoms with Crippen LogP contribution in [0.15, 0.2) is 47.4 Å². The van der Waals surface area contributed by atoms with Gasteiger partial charge in [-0.25, -0.2) is 8.42 Å². The molecule has 31 heavy (non-hydrogen) atoms. The summed E-state index contributed by atoms with van der Waals surface area (Å²) >= 11 is 6.22. The number of hydrogen-bond donors (Lipinski definition) is 2. The predicted octanol–water partition coefficient (Wildman–Crippen LogP) is 4.31. The minimum atomic E-state index is -3.85. The molecule has 0 radical (unpaired) electrons. The van der Waals surface area contributed by atoms with Gasteiger partial charge in [0.05, 0.1) is 15.5 Å². The summed E-state index contributed by atoms with van der Waals surface area (Å²) < 4.78 is 28.3. The van der Waals surface area contributed by atoms with Gasteiger partial charge in [-0.2, -0.15) is 0 Å². The molecule has 6 nitrogen and oxygen atoms in total. The number of carbonyl (C=O) groups excluding carboxylic acids is 1. The highest BCUT2D eigenvalue weighted by Crippen LogP contribution is 2.23. The normalized spacial score (nSPS) is 15.6. The lowest BCUT2D eigenvalue weighted by Gasteiger charge is -2.29. The van der Waals surface area contributed by atoms with Crippen molar-refractivity contribution in [1.82, 2.24) is 10.2 Å². The minimum Gasteiger partial charge on any atom is -0.349 e. The standard InChI is InChI=1S/C23H30ClN3O3S/c1-3-4-5-17-6-8-19(9-7-17)26-31(29,30)20-10-11-22(24)21(16-20)23(28)25-18-12-14-27(2)15-13-18/h6-11,16,18,26H,3-5,12-15H2,1-2H3,(H,25,28). The van der Waals surface area contributed by atoms with E-state index in [2.05, 4.69) is 28.9 Å². The first-order valence-corrected chi connectivity index (χ1v) is 12.6. The molecule has 2 N–H and O–H groups in total. The molecular weight excluding hydrogens is 434 g/mol. The monoisotopic (exact) mass is 463 g/mol. The number of rotatable bonds is 8. The Morgan fingerprint density at radius 1 is 1.13 bits per heavy atom. The van der Waals surface area contributed by atoms with E-state index in [4.69, 9.17) is 11.6 Å². The van der Waals surface area contributed by atoms with Crippen molar-refractivity contribution >= 4 is 33.2 Å². The highest BCUT2D eigenvalue weighted by molar-refractivity contribution is 7.92. The van der Waals surface area contributed by atoms with Crippen molar-refractivity contribution in [3.05, 3.63) is 58.6 Å². The Hall–Kier alpha value is -2.09. The summed E-state index contributed by atoms with van der Waals surface area (Å²) in [5.74, 6) is -0.350. The van der Waals surface area contributed by atoms with Crippen LogP contribution in [0.5, 0.6) is 0 Å². The number of amides is 1. The summed E-state index contributed by atoms with van der Waals surface area (Å²) in [4.78, 5) is 15.0. The molecule has 1 amide bonds. The summed E-state index contributed by atoms with van der Waals surface area (Å²) in [5.41, 5.74) is 1.81. The summed E-state index contributed by atoms with van der Waals surface area (Å²) in [6.07, 6.45) is 4.88. The van der Waals surface area contributed by atoms with E-state index >= 15 is 0 Å². The quantitative estimate of drug-likeness (QED) is 0.611. The Labute approximate surface area is 190 Å². The van der Waals surface area contributed by atoms with Gasteiger partial charge in [-0.1, -0.05) is 37.1 Å². The molecule has 1 fully saturated rings. The molecule has 0 atom stereocenters. The molecule has 0 spiro atoms. The number of likely N-dealkylation sites (tertiary alicyclic amines) is 1. The van der Waals surface area contributed by atoms with Crippen LogP contribution in [0, 0.1) is 0 Å². The first-order valence-electron chi connectivity index (χ1n) is 10.7. The first-order chi connectivity index (χ1) is 14.8. The molecule has 0 aliphatic carbocycles. The number of aryl methyl sites for hydroxylation is 1. The van der Waals surface area contributed by atoms with Gasteiger partial charge in [-0.3, -0.25) is 9.52 Å². The zero-order valence-corrected chi connectivity index (χ0v) is 19.6. The van der Waals surface area contributed by atoms with Gasteiger partial charge in [-0.15, -0.1) is 0 Å². The second kappa shape index (κ2) is 10.5. The third-order valence-corrected chi connectivity index (χ3v) is 7.28. The van der Waals surface area contributed by atoms with Crippen molar-refractivity contribution in [2.24, 2.45) is 0 Å². The Balaban J connectivity index is 1.72. The topological polar surface area (TPSA) is 78.5 Å². The summed E-state index contributed by atoms with van der Waals surface area (Å²) in [5, 5.41) is 3.21. The average molecular weight is 464 g/mol. The van der Waals surface area contributed by atoms with Crippen LogP contribution in [0.3, 0.4) is 0 Å². The smallest absolute Gasteiger partial charge is 0.261 e. The number of unbranched alkanes of at least 4 members (excludes halogenated alkanes) is 1. The molecule has 0 unspecified atom stereocenters. The largest absolute Gasteiger partial charge is 0.349 e. The Morgan fingerprint density at radius 3 is 2.45 bits per heavy atom. The van der Waals surface area contributed by atoms with E-state index in [0.29, 0.717) is 5.69 Å². The zero-order valence-electron chi connectivity index (χ0n) is 18.0. The summed E-state index contributed by atoms with van der Waals surface area (Å²) in [6.45, 7) is 3.96. The van der Waals surface area contributed by atoms with Crippen molar-refractivity contribution in [2.75, 3.05) is 24.9 Å². The van der Waals surface area contributed by atoms with Gasteiger partial charge in [0.25, 0.3) is 15.9 Å². The lowest BCUT2D eigenvalue weighted by Crippen LogP contribution is -2.43. The van der Waals surface area contributed by atoms with Gasteiger partial charge in [0.15, 0.2) is 0 Å². The van der Waals surface area contributed by atoms with Gasteiger partial charge < -0.3 is 10.2 Å². The number of nitrogens with zero attached hydrogens (tertiary/aromatic N) is 1. The molecular formula is C23H30ClN3O3S. The van der Waals surface area contributed by atoms with Crippen LogP contribution in [0.1, 0.15) is 48.5 Å². The van der Waals surface area contributed by atoms with Gasteiger partial charge in [0, 0.05) is 11.7 Å². The number of nitrogens with one attached hydrogen (secondary N) is 2. The van der Waals surface area contributed by atoms with Crippen LogP contribution in [-0.2, 0) is 16.4 Å². The highest BCUT2D eigenvalue weighted by atomic mass is 35.5. The van der Waals surface area contributed by atoms with E-state index in [1.807, 2.05) is 12.1 Å². The number of sulfonamides is 1. The third kappa shape index (κ3) is 6.45. The lowest BCUT2D eigenvalue weighted by atomic mass is 10.0. The zero-order chi connectivity index (χ0) is 22.4. The number of anilines is 1. The minimum absolute atomic E-state index is 0.000451. The van der Waals surface area contributed by atoms with E-state index < -0.39 is 10.0 Å². The fourth-order valence-electron chi connectivity index (χ4n) is 3.60. The number of hydrogen-bond acceptors (Lipinski definition) is 4. The van der Waals surface area contributed by atoms with E-state index in [0.717, 1.165) is 45.2 Å². The first kappa shape index (κ1) is 23.6. The molecule has 1 saturated heterocycles. The fraction of sp³-hybridized carbons (Fsp3) is 0.435. The van der Waals surface area contributed by atoms with Crippen molar-refractivity contribution in [1.29, 1.82) is 0 Å². The summed E-state index contributed by atoms with van der Waals surface area (Å²) in [7, 11) is -1.80. The van der Waals surface area contributed by atoms with Crippen molar-refractivity contribution in [3.63, 3.8) is 0 Å². The van der Waals surface area contributed by atoms with Crippen molar-refractivity contribution in [2.45, 2.75) is 50.0 Å². The van der Waals surface area contributed by atoms with E-state index in [9.17, 15) is 13.2 Å². The van der Waals surface area contributed by atoms with Gasteiger partial charge in [-0.05, 0) is 81.7 Å². The van der Waals surface area contributed by atoms with Crippen LogP contribution < -0.4 is 10.0 Å². The predicted molar refractivity (Wildman–Crippen MR) is 125 cm³/mol. The average Bonchev–Trinajstić information content (AvgIpc) is 2.74. The maximum atomic E-state index is 12.9. The summed E-state index contributed by atoms with van der Waals surface area (Å²) in [6, 6.07) is 11.6. The van der Waals surface area contributed by atoms with E-state index in [1.54, 1.807) is 12.1 Å². The number of benzene rings is 2. The molecule has 168 valence electrons. The molecule has 0 bridgehead atoms. The number of halogens is 1.